The van der Waals surface area contributed by atoms with Gasteiger partial charge in [0.15, 0.2) is 0 Å². The fraction of sp³-hybridized carbons (Fsp3) is 1.00. The predicted molar refractivity (Wildman–Crippen MR) is 75.2 cm³/mol. The molecule has 2 rings (SSSR count). The molecule has 1 saturated carbocycles. The van der Waals surface area contributed by atoms with E-state index in [4.69, 9.17) is 0 Å². The molecular formula is C16H31N. The van der Waals surface area contributed by atoms with E-state index in [0.717, 1.165) is 17.9 Å². The van der Waals surface area contributed by atoms with Crippen molar-refractivity contribution in [1.82, 2.24) is 4.90 Å². The van der Waals surface area contributed by atoms with E-state index >= 15 is 0 Å². The van der Waals surface area contributed by atoms with Crippen molar-refractivity contribution in [3.63, 3.8) is 0 Å². The molecule has 1 saturated heterocycles. The Morgan fingerprint density at radius 1 is 1.12 bits per heavy atom. The van der Waals surface area contributed by atoms with Crippen LogP contribution in [0.3, 0.4) is 0 Å². The highest BCUT2D eigenvalue weighted by Crippen LogP contribution is 2.41. The Balaban J connectivity index is 1.99. The highest BCUT2D eigenvalue weighted by Gasteiger charge is 2.39. The Morgan fingerprint density at radius 2 is 1.82 bits per heavy atom. The van der Waals surface area contributed by atoms with Crippen LogP contribution in [-0.4, -0.2) is 24.0 Å². The molecule has 0 amide bonds. The summed E-state index contributed by atoms with van der Waals surface area (Å²) in [6.45, 7) is 12.4. The van der Waals surface area contributed by atoms with Gasteiger partial charge in [0.2, 0.25) is 0 Å². The summed E-state index contributed by atoms with van der Waals surface area (Å²) in [4.78, 5) is 2.81. The summed E-state index contributed by atoms with van der Waals surface area (Å²) >= 11 is 0. The highest BCUT2D eigenvalue weighted by atomic mass is 15.2. The van der Waals surface area contributed by atoms with Gasteiger partial charge in [0.25, 0.3) is 0 Å². The van der Waals surface area contributed by atoms with Crippen molar-refractivity contribution < 1.29 is 0 Å². The molecule has 17 heavy (non-hydrogen) atoms. The van der Waals surface area contributed by atoms with Crippen molar-refractivity contribution in [2.24, 2.45) is 17.3 Å². The molecule has 2 aliphatic rings. The first-order valence-corrected chi connectivity index (χ1v) is 7.76. The largest absolute Gasteiger partial charge is 0.300 e. The van der Waals surface area contributed by atoms with Crippen LogP contribution >= 0.6 is 0 Å². The van der Waals surface area contributed by atoms with Crippen LogP contribution in [0, 0.1) is 17.3 Å². The lowest BCUT2D eigenvalue weighted by Crippen LogP contribution is -2.51. The molecule has 0 spiro atoms. The third-order valence-corrected chi connectivity index (χ3v) is 5.15. The van der Waals surface area contributed by atoms with Crippen LogP contribution in [0.2, 0.25) is 0 Å². The van der Waals surface area contributed by atoms with Crippen LogP contribution in [-0.2, 0) is 0 Å². The molecule has 2 unspecified atom stereocenters. The molecular weight excluding hydrogens is 206 g/mol. The van der Waals surface area contributed by atoms with Crippen LogP contribution < -0.4 is 0 Å². The normalized spacial score (nSPS) is 32.5. The van der Waals surface area contributed by atoms with Crippen molar-refractivity contribution in [1.29, 1.82) is 0 Å². The minimum Gasteiger partial charge on any atom is -0.300 e. The smallest absolute Gasteiger partial charge is 0.00954 e. The van der Waals surface area contributed by atoms with Gasteiger partial charge in [0.1, 0.15) is 0 Å². The van der Waals surface area contributed by atoms with E-state index in [1.165, 1.54) is 51.6 Å². The average molecular weight is 237 g/mol. The summed E-state index contributed by atoms with van der Waals surface area (Å²) in [7, 11) is 0. The van der Waals surface area contributed by atoms with Gasteiger partial charge in [-0.15, -0.1) is 0 Å². The molecule has 0 radical (unpaired) electrons. The van der Waals surface area contributed by atoms with E-state index < -0.39 is 0 Å². The quantitative estimate of drug-likeness (QED) is 0.706. The first-order valence-electron chi connectivity index (χ1n) is 7.76. The molecule has 100 valence electrons. The Hall–Kier alpha value is -0.0400. The van der Waals surface area contributed by atoms with Gasteiger partial charge in [0.05, 0.1) is 0 Å². The molecule has 0 aromatic heterocycles. The van der Waals surface area contributed by atoms with Crippen molar-refractivity contribution in [2.45, 2.75) is 72.3 Å². The number of hydrogen-bond acceptors (Lipinski definition) is 1. The predicted octanol–water partition coefficient (Wildman–Crippen LogP) is 4.32. The third kappa shape index (κ3) is 3.05. The lowest BCUT2D eigenvalue weighted by molar-refractivity contribution is 0.000340. The minimum absolute atomic E-state index is 0.488. The second-order valence-electron chi connectivity index (χ2n) is 7.39. The Kier molecular flexibility index (Phi) is 4.18. The molecule has 0 bridgehead atoms. The van der Waals surface area contributed by atoms with E-state index in [2.05, 4.69) is 32.6 Å². The summed E-state index contributed by atoms with van der Waals surface area (Å²) in [5, 5.41) is 0. The second kappa shape index (κ2) is 5.30. The van der Waals surface area contributed by atoms with Gasteiger partial charge < -0.3 is 4.90 Å². The zero-order valence-electron chi connectivity index (χ0n) is 12.3. The average Bonchev–Trinajstić information content (AvgIpc) is 2.16. The Bertz CT molecular complexity index is 236. The lowest BCUT2D eigenvalue weighted by atomic mass is 9.68. The molecule has 1 aliphatic heterocycles. The summed E-state index contributed by atoms with van der Waals surface area (Å²) < 4.78 is 0. The Labute approximate surface area is 108 Å². The van der Waals surface area contributed by atoms with Crippen LogP contribution in [0.5, 0.6) is 0 Å². The van der Waals surface area contributed by atoms with Gasteiger partial charge in [-0.05, 0) is 43.1 Å². The molecule has 1 heteroatoms. The number of piperidine rings is 1. The molecule has 2 fully saturated rings. The molecule has 1 aliphatic carbocycles. The number of rotatable bonds is 3. The topological polar surface area (TPSA) is 3.24 Å². The number of likely N-dealkylation sites (tertiary alicyclic amines) is 1. The third-order valence-electron chi connectivity index (χ3n) is 5.15. The van der Waals surface area contributed by atoms with Crippen molar-refractivity contribution in [3.8, 4) is 0 Å². The summed E-state index contributed by atoms with van der Waals surface area (Å²) in [6, 6.07) is 0.947. The molecule has 0 aromatic carbocycles. The van der Waals surface area contributed by atoms with E-state index in [1.54, 1.807) is 0 Å². The minimum atomic E-state index is 0.488. The number of nitrogens with zero attached hydrogens (tertiary/aromatic N) is 1. The van der Waals surface area contributed by atoms with Crippen LogP contribution in [0.4, 0.5) is 0 Å². The monoisotopic (exact) mass is 237 g/mol. The van der Waals surface area contributed by atoms with Gasteiger partial charge >= 0.3 is 0 Å². The molecule has 1 heterocycles. The number of hydrogen-bond donors (Lipinski definition) is 0. The molecule has 2 atom stereocenters. The maximum atomic E-state index is 2.81. The maximum absolute atomic E-state index is 2.81. The second-order valence-corrected chi connectivity index (χ2v) is 7.39. The van der Waals surface area contributed by atoms with Crippen molar-refractivity contribution >= 4 is 0 Å². The van der Waals surface area contributed by atoms with Crippen molar-refractivity contribution in [2.75, 3.05) is 13.1 Å². The first-order chi connectivity index (χ1) is 8.02. The van der Waals surface area contributed by atoms with Crippen molar-refractivity contribution in [3.05, 3.63) is 0 Å². The summed E-state index contributed by atoms with van der Waals surface area (Å²) in [5.74, 6) is 1.90. The molecule has 0 aromatic rings. The maximum Gasteiger partial charge on any atom is 0.00954 e. The summed E-state index contributed by atoms with van der Waals surface area (Å²) in [6.07, 6.45) is 8.66. The standard InChI is InChI=1S/C16H31N/c1-5-7-13-10-11-17(14-8-6-9-14)12-15(13)16(2,3)4/h13-15H,5-12H2,1-4H3. The van der Waals surface area contributed by atoms with Gasteiger partial charge in [0, 0.05) is 12.6 Å². The van der Waals surface area contributed by atoms with E-state index in [1.807, 2.05) is 0 Å². The van der Waals surface area contributed by atoms with Gasteiger partial charge in [-0.2, -0.15) is 0 Å². The van der Waals surface area contributed by atoms with E-state index in [9.17, 15) is 0 Å². The van der Waals surface area contributed by atoms with Crippen LogP contribution in [0.15, 0.2) is 0 Å². The summed E-state index contributed by atoms with van der Waals surface area (Å²) in [5.41, 5.74) is 0.488. The molecule has 0 N–H and O–H groups in total. The molecule has 1 nitrogen and oxygen atoms in total. The van der Waals surface area contributed by atoms with Crippen LogP contribution in [0.25, 0.3) is 0 Å². The zero-order valence-corrected chi connectivity index (χ0v) is 12.3. The lowest BCUT2D eigenvalue weighted by Gasteiger charge is -2.49. The van der Waals surface area contributed by atoms with E-state index in [-0.39, 0.29) is 0 Å². The zero-order chi connectivity index (χ0) is 12.5. The van der Waals surface area contributed by atoms with Crippen LogP contribution in [0.1, 0.15) is 66.2 Å². The van der Waals surface area contributed by atoms with Gasteiger partial charge in [-0.1, -0.05) is 47.0 Å². The fourth-order valence-electron chi connectivity index (χ4n) is 3.81. The van der Waals surface area contributed by atoms with E-state index in [0.29, 0.717) is 5.41 Å². The fourth-order valence-corrected chi connectivity index (χ4v) is 3.81. The van der Waals surface area contributed by atoms with Gasteiger partial charge in [-0.25, -0.2) is 0 Å². The Morgan fingerprint density at radius 3 is 2.29 bits per heavy atom. The SMILES string of the molecule is CCCC1CCN(C2CCC2)CC1C(C)(C)C. The van der Waals surface area contributed by atoms with Gasteiger partial charge in [-0.3, -0.25) is 0 Å². The highest BCUT2D eigenvalue weighted by molar-refractivity contribution is 4.91. The first kappa shape index (κ1) is 13.4.